The Bertz CT molecular complexity index is 879. The van der Waals surface area contributed by atoms with E-state index in [2.05, 4.69) is 0 Å². The Morgan fingerprint density at radius 2 is 2.05 bits per heavy atom. The third kappa shape index (κ3) is 1.58. The minimum Gasteiger partial charge on any atom is -0.477 e. The zero-order valence-electron chi connectivity index (χ0n) is 9.66. The molecule has 1 aromatic carbocycles. The first-order valence-corrected chi connectivity index (χ1v) is 7.19. The number of para-hydroxylation sites is 1. The van der Waals surface area contributed by atoms with Crippen molar-refractivity contribution in [3.05, 3.63) is 40.2 Å². The summed E-state index contributed by atoms with van der Waals surface area (Å²) in [5.74, 6) is -1.41. The molecule has 0 unspecified atom stereocenters. The Labute approximate surface area is 107 Å². The number of aromatic carboxylic acids is 1. The molecule has 0 saturated carbocycles. The van der Waals surface area contributed by atoms with Crippen molar-refractivity contribution in [3.63, 3.8) is 0 Å². The smallest absolute Gasteiger partial charge is 0.341 e. The van der Waals surface area contributed by atoms with Crippen LogP contribution in [0, 0.1) is 0 Å². The summed E-state index contributed by atoms with van der Waals surface area (Å²) in [6.07, 6.45) is 1.21. The average Bonchev–Trinajstić information content (AvgIpc) is 2.36. The van der Waals surface area contributed by atoms with Gasteiger partial charge in [-0.15, -0.1) is 0 Å². The van der Waals surface area contributed by atoms with Gasteiger partial charge in [0.1, 0.15) is 5.56 Å². The number of carboxylic acids is 1. The predicted octanol–water partition coefficient (Wildman–Crippen LogP) is 0.487. The van der Waals surface area contributed by atoms with Crippen molar-refractivity contribution in [2.75, 3.05) is 5.75 Å². The van der Waals surface area contributed by atoms with Crippen LogP contribution in [0.1, 0.15) is 10.4 Å². The van der Waals surface area contributed by atoms with Gasteiger partial charge in [0.2, 0.25) is 5.43 Å². The highest BCUT2D eigenvalue weighted by Crippen LogP contribution is 2.26. The maximum Gasteiger partial charge on any atom is 0.341 e. The van der Waals surface area contributed by atoms with Gasteiger partial charge < -0.3 is 9.67 Å². The molecule has 0 atom stereocenters. The van der Waals surface area contributed by atoms with Gasteiger partial charge in [0.05, 0.1) is 16.2 Å². The van der Waals surface area contributed by atoms with Crippen molar-refractivity contribution in [3.8, 4) is 0 Å². The number of benzene rings is 1. The molecule has 6 nitrogen and oxygen atoms in total. The highest BCUT2D eigenvalue weighted by Gasteiger charge is 2.26. The number of aryl methyl sites for hydroxylation is 1. The van der Waals surface area contributed by atoms with E-state index in [1.165, 1.54) is 29.0 Å². The lowest BCUT2D eigenvalue weighted by Crippen LogP contribution is -2.26. The fraction of sp³-hybridized carbons (Fsp3) is 0.167. The zero-order chi connectivity index (χ0) is 13.8. The summed E-state index contributed by atoms with van der Waals surface area (Å²) in [5.41, 5.74) is -0.703. The van der Waals surface area contributed by atoms with Crippen molar-refractivity contribution >= 4 is 26.7 Å². The predicted molar refractivity (Wildman–Crippen MR) is 67.2 cm³/mol. The topological polar surface area (TPSA) is 93.4 Å². The fourth-order valence-electron chi connectivity index (χ4n) is 2.33. The molecular formula is C12H9NO5S. The van der Waals surface area contributed by atoms with Crippen LogP contribution in [0.4, 0.5) is 0 Å². The van der Waals surface area contributed by atoms with Gasteiger partial charge in [0, 0.05) is 18.1 Å². The molecule has 0 aliphatic carbocycles. The van der Waals surface area contributed by atoms with E-state index in [0.717, 1.165) is 0 Å². The molecule has 2 aromatic rings. The summed E-state index contributed by atoms with van der Waals surface area (Å²) < 4.78 is 25.4. The van der Waals surface area contributed by atoms with Gasteiger partial charge in [0.15, 0.2) is 9.84 Å². The summed E-state index contributed by atoms with van der Waals surface area (Å²) in [7, 11) is -3.41. The highest BCUT2D eigenvalue weighted by molar-refractivity contribution is 7.91. The molecule has 0 amide bonds. The number of sulfone groups is 1. The molecule has 1 aliphatic rings. The zero-order valence-corrected chi connectivity index (χ0v) is 10.5. The van der Waals surface area contributed by atoms with E-state index in [9.17, 15) is 18.0 Å². The van der Waals surface area contributed by atoms with Crippen LogP contribution in [0.2, 0.25) is 0 Å². The Morgan fingerprint density at radius 3 is 2.74 bits per heavy atom. The van der Waals surface area contributed by atoms with Crippen LogP contribution in [-0.2, 0) is 16.4 Å². The average molecular weight is 279 g/mol. The Morgan fingerprint density at radius 1 is 1.32 bits per heavy atom. The largest absolute Gasteiger partial charge is 0.477 e. The summed E-state index contributed by atoms with van der Waals surface area (Å²) >= 11 is 0. The molecule has 0 saturated heterocycles. The molecule has 0 spiro atoms. The molecule has 0 fully saturated rings. The maximum atomic E-state index is 12.0. The summed E-state index contributed by atoms with van der Waals surface area (Å²) in [5, 5.41) is 9.13. The second-order valence-corrected chi connectivity index (χ2v) is 6.42. The highest BCUT2D eigenvalue weighted by atomic mass is 32.2. The molecule has 2 heterocycles. The molecule has 7 heteroatoms. The normalized spacial score (nSPS) is 16.4. The van der Waals surface area contributed by atoms with Crippen LogP contribution in [-0.4, -0.2) is 29.8 Å². The first-order valence-electron chi connectivity index (χ1n) is 5.54. The van der Waals surface area contributed by atoms with E-state index < -0.39 is 21.2 Å². The van der Waals surface area contributed by atoms with Crippen molar-refractivity contribution in [1.29, 1.82) is 0 Å². The summed E-state index contributed by atoms with van der Waals surface area (Å²) in [6, 6.07) is 4.34. The number of carbonyl (C=O) groups is 1. The molecule has 3 rings (SSSR count). The van der Waals surface area contributed by atoms with Crippen LogP contribution in [0.5, 0.6) is 0 Å². The second-order valence-electron chi connectivity index (χ2n) is 4.34. The van der Waals surface area contributed by atoms with E-state index in [4.69, 9.17) is 5.11 Å². The van der Waals surface area contributed by atoms with E-state index in [1.807, 2.05) is 0 Å². The number of rotatable bonds is 1. The van der Waals surface area contributed by atoms with Crippen molar-refractivity contribution in [1.82, 2.24) is 4.57 Å². The number of pyridine rings is 1. The fourth-order valence-corrected chi connectivity index (χ4v) is 3.80. The molecule has 1 aliphatic heterocycles. The van der Waals surface area contributed by atoms with E-state index in [-0.39, 0.29) is 28.1 Å². The molecule has 0 bridgehead atoms. The minimum absolute atomic E-state index is 0.0882. The van der Waals surface area contributed by atoms with Gasteiger partial charge in [-0.3, -0.25) is 4.79 Å². The minimum atomic E-state index is -3.41. The lowest BCUT2D eigenvalue weighted by Gasteiger charge is -2.20. The number of aromatic nitrogens is 1. The summed E-state index contributed by atoms with van der Waals surface area (Å²) in [6.45, 7) is 0.149. The van der Waals surface area contributed by atoms with Crippen LogP contribution in [0.15, 0.2) is 34.1 Å². The molecule has 0 radical (unpaired) electrons. The second kappa shape index (κ2) is 3.67. The molecule has 98 valence electrons. The number of hydrogen-bond acceptors (Lipinski definition) is 4. The van der Waals surface area contributed by atoms with Gasteiger partial charge in [-0.2, -0.15) is 0 Å². The van der Waals surface area contributed by atoms with Gasteiger partial charge in [-0.05, 0) is 12.1 Å². The van der Waals surface area contributed by atoms with Crippen molar-refractivity contribution < 1.29 is 18.3 Å². The molecular weight excluding hydrogens is 270 g/mol. The Kier molecular flexibility index (Phi) is 2.30. The standard InChI is InChI=1S/C12H9NO5S/c14-11-7-2-1-3-9-10(7)13(4-5-19(9,17)18)6-8(11)12(15)16/h1-3,6H,4-5H2,(H,15,16). The quantitative estimate of drug-likeness (QED) is 0.819. The van der Waals surface area contributed by atoms with Gasteiger partial charge in [-0.1, -0.05) is 6.07 Å². The van der Waals surface area contributed by atoms with Gasteiger partial charge in [-0.25, -0.2) is 13.2 Å². The number of carboxylic acid groups (broad SMARTS) is 1. The number of hydrogen-bond donors (Lipinski definition) is 1. The lowest BCUT2D eigenvalue weighted by molar-refractivity contribution is 0.0695. The van der Waals surface area contributed by atoms with E-state index >= 15 is 0 Å². The first kappa shape index (κ1) is 11.9. The van der Waals surface area contributed by atoms with Crippen molar-refractivity contribution in [2.24, 2.45) is 0 Å². The third-order valence-corrected chi connectivity index (χ3v) is 4.95. The summed E-state index contributed by atoms with van der Waals surface area (Å²) in [4.78, 5) is 23.2. The van der Waals surface area contributed by atoms with Crippen LogP contribution < -0.4 is 5.43 Å². The Hall–Kier alpha value is -2.15. The monoisotopic (exact) mass is 279 g/mol. The van der Waals surface area contributed by atoms with Crippen LogP contribution >= 0.6 is 0 Å². The van der Waals surface area contributed by atoms with Crippen molar-refractivity contribution in [2.45, 2.75) is 11.4 Å². The maximum absolute atomic E-state index is 12.0. The van der Waals surface area contributed by atoms with Crippen LogP contribution in [0.25, 0.3) is 10.9 Å². The van der Waals surface area contributed by atoms with Crippen LogP contribution in [0.3, 0.4) is 0 Å². The van der Waals surface area contributed by atoms with Gasteiger partial charge >= 0.3 is 5.97 Å². The number of nitrogens with zero attached hydrogens (tertiary/aromatic N) is 1. The van der Waals surface area contributed by atoms with E-state index in [0.29, 0.717) is 5.52 Å². The molecule has 19 heavy (non-hydrogen) atoms. The Balaban J connectivity index is 2.58. The lowest BCUT2D eigenvalue weighted by atomic mass is 10.1. The molecule has 1 aromatic heterocycles. The SMILES string of the molecule is O=C(O)c1cn2c3c(cccc3c1=O)S(=O)(=O)CC2. The van der Waals surface area contributed by atoms with Gasteiger partial charge in [0.25, 0.3) is 0 Å². The molecule has 1 N–H and O–H groups in total. The van der Waals surface area contributed by atoms with E-state index in [1.54, 1.807) is 0 Å². The third-order valence-electron chi connectivity index (χ3n) is 3.23. The first-order chi connectivity index (χ1) is 8.92.